The van der Waals surface area contributed by atoms with Crippen molar-refractivity contribution >= 4 is 23.5 Å². The Morgan fingerprint density at radius 1 is 1.92 bits per heavy atom. The van der Waals surface area contributed by atoms with Crippen LogP contribution in [0.1, 0.15) is 5.56 Å². The van der Waals surface area contributed by atoms with Gasteiger partial charge in [-0.2, -0.15) is 5.10 Å². The minimum Gasteiger partial charge on any atom is -0.463 e. The molecule has 6 heteroatoms. The number of nitrogens with two attached hydrogens (primary N) is 1. The molecule has 1 aromatic rings. The van der Waals surface area contributed by atoms with Crippen LogP contribution in [0.25, 0.3) is 0 Å². The van der Waals surface area contributed by atoms with Gasteiger partial charge >= 0.3 is 0 Å². The Balaban J connectivity index is 2.81. The van der Waals surface area contributed by atoms with E-state index in [1.807, 2.05) is 0 Å². The van der Waals surface area contributed by atoms with Gasteiger partial charge in [0.05, 0.1) is 11.8 Å². The molecule has 1 heterocycles. The molecule has 0 saturated heterocycles. The summed E-state index contributed by atoms with van der Waals surface area (Å²) in [5.74, 6) is 2.77. The van der Waals surface area contributed by atoms with Crippen molar-refractivity contribution in [2.24, 2.45) is 4.51 Å². The lowest BCUT2D eigenvalue weighted by atomic mass is 10.3. The van der Waals surface area contributed by atoms with Crippen LogP contribution in [0.5, 0.6) is 0 Å². The molecule has 0 unspecified atom stereocenters. The summed E-state index contributed by atoms with van der Waals surface area (Å²) in [5, 5.41) is 6.19. The average Bonchev–Trinajstić information content (AvgIpc) is 2.54. The van der Waals surface area contributed by atoms with Gasteiger partial charge in [-0.15, -0.1) is 10.9 Å². The van der Waals surface area contributed by atoms with Crippen LogP contribution in [0.4, 0.5) is 5.82 Å². The number of H-pyrrole nitrogens is 1. The van der Waals surface area contributed by atoms with E-state index in [9.17, 15) is 0 Å². The number of hydrogen-bond donors (Lipinski definition) is 2. The maximum Gasteiger partial charge on any atom is 0.239 e. The van der Waals surface area contributed by atoms with E-state index in [0.717, 1.165) is 0 Å². The number of aromatic amines is 1. The molecule has 0 saturated carbocycles. The van der Waals surface area contributed by atoms with Gasteiger partial charge in [-0.1, -0.05) is 5.92 Å². The van der Waals surface area contributed by atoms with E-state index in [2.05, 4.69) is 20.6 Å². The SMILES string of the molecule is C#CCO/C(=N/Cl)c1cn[nH]c1N. The Morgan fingerprint density at radius 2 is 2.69 bits per heavy atom. The number of nitrogens with one attached hydrogen (secondary N) is 1. The van der Waals surface area contributed by atoms with Gasteiger partial charge in [0, 0.05) is 11.8 Å². The van der Waals surface area contributed by atoms with Crippen molar-refractivity contribution in [3.8, 4) is 12.3 Å². The quantitative estimate of drug-likeness (QED) is 0.414. The summed E-state index contributed by atoms with van der Waals surface area (Å²) in [4.78, 5) is 0. The van der Waals surface area contributed by atoms with Gasteiger partial charge in [0.25, 0.3) is 0 Å². The average molecular weight is 199 g/mol. The summed E-state index contributed by atoms with van der Waals surface area (Å²) in [6.45, 7) is 0.0795. The van der Waals surface area contributed by atoms with Crippen molar-refractivity contribution < 1.29 is 4.74 Å². The second kappa shape index (κ2) is 4.38. The molecule has 68 valence electrons. The summed E-state index contributed by atoms with van der Waals surface area (Å²) < 4.78 is 8.37. The lowest BCUT2D eigenvalue weighted by Crippen LogP contribution is -2.07. The largest absolute Gasteiger partial charge is 0.463 e. The summed E-state index contributed by atoms with van der Waals surface area (Å²) in [5.41, 5.74) is 5.99. The molecule has 0 aliphatic heterocycles. The number of nitrogen functional groups attached to an aromatic ring is 1. The van der Waals surface area contributed by atoms with Crippen molar-refractivity contribution in [3.63, 3.8) is 0 Å². The number of hydrogen-bond acceptors (Lipinski definition) is 4. The van der Waals surface area contributed by atoms with Crippen LogP contribution < -0.4 is 5.73 Å². The standard InChI is InChI=1S/C7H7ClN4O/c1-2-3-13-7(11-8)5-4-10-12-6(5)9/h1,4H,3H2,(H3,9,10,12)/b11-7+. The van der Waals surface area contributed by atoms with Crippen LogP contribution in [0.3, 0.4) is 0 Å². The third-order valence-corrected chi connectivity index (χ3v) is 1.42. The van der Waals surface area contributed by atoms with Gasteiger partial charge in [-0.3, -0.25) is 5.10 Å². The topological polar surface area (TPSA) is 76.3 Å². The first-order valence-corrected chi connectivity index (χ1v) is 3.67. The molecule has 1 aromatic heterocycles. The maximum atomic E-state index is 5.50. The lowest BCUT2D eigenvalue weighted by Gasteiger charge is -2.02. The number of aromatic nitrogens is 2. The van der Waals surface area contributed by atoms with E-state index >= 15 is 0 Å². The monoisotopic (exact) mass is 198 g/mol. The predicted molar refractivity (Wildman–Crippen MR) is 50.2 cm³/mol. The van der Waals surface area contributed by atoms with E-state index in [1.54, 1.807) is 0 Å². The smallest absolute Gasteiger partial charge is 0.239 e. The first kappa shape index (κ1) is 9.42. The zero-order valence-corrected chi connectivity index (χ0v) is 7.38. The molecule has 0 aliphatic rings. The zero-order chi connectivity index (χ0) is 9.68. The lowest BCUT2D eigenvalue weighted by molar-refractivity contribution is 0.360. The van der Waals surface area contributed by atoms with Gasteiger partial charge in [0.15, 0.2) is 6.61 Å². The van der Waals surface area contributed by atoms with E-state index in [4.69, 9.17) is 28.7 Å². The normalized spacial score (nSPS) is 10.9. The molecule has 5 nitrogen and oxygen atoms in total. The number of halogens is 1. The second-order valence-electron chi connectivity index (χ2n) is 2.08. The molecule has 0 fully saturated rings. The van der Waals surface area contributed by atoms with E-state index in [-0.39, 0.29) is 12.5 Å². The third-order valence-electron chi connectivity index (χ3n) is 1.27. The Bertz CT molecular complexity index is 352. The summed E-state index contributed by atoms with van der Waals surface area (Å²) in [6.07, 6.45) is 6.45. The van der Waals surface area contributed by atoms with Gasteiger partial charge < -0.3 is 10.5 Å². The van der Waals surface area contributed by atoms with Gasteiger partial charge in [0.2, 0.25) is 5.90 Å². The molecule has 0 amide bonds. The number of nitrogens with zero attached hydrogens (tertiary/aromatic N) is 2. The minimum atomic E-state index is 0.0795. The van der Waals surface area contributed by atoms with E-state index in [0.29, 0.717) is 11.4 Å². The Morgan fingerprint density at radius 3 is 3.15 bits per heavy atom. The minimum absolute atomic E-state index is 0.0795. The van der Waals surface area contributed by atoms with Crippen LogP contribution in [-0.2, 0) is 4.74 Å². The highest BCUT2D eigenvalue weighted by atomic mass is 35.5. The third kappa shape index (κ3) is 2.13. The molecule has 0 bridgehead atoms. The van der Waals surface area contributed by atoms with Crippen LogP contribution in [0.15, 0.2) is 10.7 Å². The number of anilines is 1. The maximum absolute atomic E-state index is 5.50. The van der Waals surface area contributed by atoms with Gasteiger partial charge in [-0.25, -0.2) is 0 Å². The van der Waals surface area contributed by atoms with Crippen molar-refractivity contribution in [2.45, 2.75) is 0 Å². The molecule has 3 N–H and O–H groups in total. The van der Waals surface area contributed by atoms with Crippen LogP contribution >= 0.6 is 11.8 Å². The Kier molecular flexibility index (Phi) is 3.17. The molecule has 13 heavy (non-hydrogen) atoms. The first-order chi connectivity index (χ1) is 6.29. The predicted octanol–water partition coefficient (Wildman–Crippen LogP) is 0.542. The Hall–Kier alpha value is -1.67. The van der Waals surface area contributed by atoms with Crippen molar-refractivity contribution in [1.29, 1.82) is 0 Å². The van der Waals surface area contributed by atoms with Crippen LogP contribution in [0, 0.1) is 12.3 Å². The fraction of sp³-hybridized carbons (Fsp3) is 0.143. The molecule has 0 spiro atoms. The number of ether oxygens (including phenoxy) is 1. The highest BCUT2D eigenvalue weighted by Gasteiger charge is 2.10. The summed E-state index contributed by atoms with van der Waals surface area (Å²) in [7, 11) is 0. The fourth-order valence-corrected chi connectivity index (χ4v) is 0.864. The number of terminal acetylenes is 1. The molecule has 1 rings (SSSR count). The molecule has 0 aromatic carbocycles. The number of rotatable bonds is 2. The Labute approximate surface area is 80.1 Å². The fourth-order valence-electron chi connectivity index (χ4n) is 0.724. The van der Waals surface area contributed by atoms with Gasteiger partial charge in [0.1, 0.15) is 5.82 Å². The van der Waals surface area contributed by atoms with Crippen molar-refractivity contribution in [3.05, 3.63) is 11.8 Å². The van der Waals surface area contributed by atoms with E-state index in [1.165, 1.54) is 6.20 Å². The molecule has 0 aliphatic carbocycles. The van der Waals surface area contributed by atoms with E-state index < -0.39 is 0 Å². The highest BCUT2D eigenvalue weighted by Crippen LogP contribution is 2.09. The first-order valence-electron chi connectivity index (χ1n) is 3.34. The van der Waals surface area contributed by atoms with Crippen molar-refractivity contribution in [2.75, 3.05) is 12.3 Å². The zero-order valence-electron chi connectivity index (χ0n) is 6.62. The molecular formula is C7H7ClN4O. The summed E-state index contributed by atoms with van der Waals surface area (Å²) in [6, 6.07) is 0. The molecule has 0 radical (unpaired) electrons. The van der Waals surface area contributed by atoms with Crippen LogP contribution in [0.2, 0.25) is 0 Å². The van der Waals surface area contributed by atoms with Gasteiger partial charge in [-0.05, 0) is 0 Å². The second-order valence-corrected chi connectivity index (χ2v) is 2.25. The highest BCUT2D eigenvalue weighted by molar-refractivity contribution is 6.21. The molecular weight excluding hydrogens is 192 g/mol. The molecule has 0 atom stereocenters. The van der Waals surface area contributed by atoms with Crippen LogP contribution in [-0.4, -0.2) is 22.7 Å². The van der Waals surface area contributed by atoms with Crippen molar-refractivity contribution in [1.82, 2.24) is 10.2 Å². The summed E-state index contributed by atoms with van der Waals surface area (Å²) >= 11 is 5.26.